The number of nitrogens with one attached hydrogen (secondary N) is 3. The van der Waals surface area contributed by atoms with Gasteiger partial charge in [0.15, 0.2) is 11.7 Å². The van der Waals surface area contributed by atoms with Crippen LogP contribution in [0, 0.1) is 13.8 Å². The molecule has 1 aromatic heterocycles. The molecule has 0 saturated carbocycles. The number of rotatable bonds is 12. The number of amides is 1. The summed E-state index contributed by atoms with van der Waals surface area (Å²) in [4.78, 5) is 25.5. The van der Waals surface area contributed by atoms with Crippen LogP contribution in [0.2, 0.25) is 5.02 Å². The fourth-order valence-corrected chi connectivity index (χ4v) is 5.85. The van der Waals surface area contributed by atoms with Gasteiger partial charge in [-0.2, -0.15) is 5.10 Å². The highest BCUT2D eigenvalue weighted by Crippen LogP contribution is 2.33. The average molecular weight is 686 g/mol. The number of ether oxygens (including phenoxy) is 3. The van der Waals surface area contributed by atoms with Crippen LogP contribution >= 0.6 is 23.8 Å². The molecule has 1 atom stereocenters. The number of carbonyl (C=O) groups is 2. The smallest absolute Gasteiger partial charge is 0.338 e. The third-order valence-electron chi connectivity index (χ3n) is 7.66. The number of hydrogen-bond donors (Lipinski definition) is 3. The molecule has 1 aliphatic heterocycles. The molecule has 3 N–H and O–H groups in total. The maximum absolute atomic E-state index is 12.8. The van der Waals surface area contributed by atoms with E-state index in [1.165, 1.54) is 0 Å². The van der Waals surface area contributed by atoms with Crippen molar-refractivity contribution in [3.63, 3.8) is 0 Å². The summed E-state index contributed by atoms with van der Waals surface area (Å²) in [5, 5.41) is 11.3. The van der Waals surface area contributed by atoms with Crippen LogP contribution < -0.4 is 25.5 Å². The van der Waals surface area contributed by atoms with E-state index >= 15 is 0 Å². The summed E-state index contributed by atoms with van der Waals surface area (Å²) < 4.78 is 19.2. The van der Waals surface area contributed by atoms with Crippen LogP contribution in [0.5, 0.6) is 11.5 Å². The van der Waals surface area contributed by atoms with E-state index in [0.717, 1.165) is 34.0 Å². The summed E-state index contributed by atoms with van der Waals surface area (Å²) in [7, 11) is 0. The minimum atomic E-state index is -0.623. The lowest BCUT2D eigenvalue weighted by atomic mass is 9.95. The summed E-state index contributed by atoms with van der Waals surface area (Å²) in [5.74, 6) is 0.224. The van der Waals surface area contributed by atoms with Crippen LogP contribution in [0.1, 0.15) is 48.0 Å². The van der Waals surface area contributed by atoms with E-state index in [9.17, 15) is 9.59 Å². The number of esters is 1. The van der Waals surface area contributed by atoms with Gasteiger partial charge in [-0.05, 0) is 82.4 Å². The number of nitrogens with zero attached hydrogens (tertiary/aromatic N) is 2. The molecule has 2 heterocycles. The molecule has 0 fully saturated rings. The van der Waals surface area contributed by atoms with Crippen LogP contribution in [-0.2, 0) is 20.9 Å². The van der Waals surface area contributed by atoms with Gasteiger partial charge in [0, 0.05) is 44.5 Å². The number of aryl methyl sites for hydroxylation is 1. The minimum Gasteiger partial charge on any atom is -0.489 e. The Kier molecular flexibility index (Phi) is 11.1. The summed E-state index contributed by atoms with van der Waals surface area (Å²) in [5.41, 5.74) is 8.81. The number of carbonyl (C=O) groups excluding carboxylic acids is 2. The normalized spacial score (nSPS) is 14.4. The van der Waals surface area contributed by atoms with E-state index in [2.05, 4.69) is 25.7 Å². The first kappa shape index (κ1) is 34.2. The van der Waals surface area contributed by atoms with Crippen LogP contribution in [-0.4, -0.2) is 41.0 Å². The number of hydrogen-bond acceptors (Lipinski definition) is 7. The Morgan fingerprint density at radius 3 is 2.50 bits per heavy atom. The molecule has 0 radical (unpaired) electrons. The molecule has 12 heteroatoms. The second-order valence-electron chi connectivity index (χ2n) is 10.9. The van der Waals surface area contributed by atoms with Crippen molar-refractivity contribution in [1.29, 1.82) is 0 Å². The van der Waals surface area contributed by atoms with Crippen molar-refractivity contribution in [2.75, 3.05) is 13.2 Å². The van der Waals surface area contributed by atoms with Crippen molar-refractivity contribution in [2.45, 2.75) is 40.3 Å². The first-order valence-electron chi connectivity index (χ1n) is 15.3. The summed E-state index contributed by atoms with van der Waals surface area (Å²) in [6.45, 7) is 7.79. The van der Waals surface area contributed by atoms with E-state index < -0.39 is 17.9 Å². The van der Waals surface area contributed by atoms with Gasteiger partial charge in [0.2, 0.25) is 0 Å². The average Bonchev–Trinajstić information content (AvgIpc) is 3.35. The predicted molar refractivity (Wildman–Crippen MR) is 190 cm³/mol. The maximum Gasteiger partial charge on any atom is 0.338 e. The summed E-state index contributed by atoms with van der Waals surface area (Å²) in [6.07, 6.45) is 1.60. The molecular formula is C36H36ClN5O5S. The molecular weight excluding hydrogens is 650 g/mol. The Hall–Kier alpha value is -5.13. The Bertz CT molecular complexity index is 1890. The molecule has 248 valence electrons. The molecule has 4 aromatic rings. The van der Waals surface area contributed by atoms with Crippen LogP contribution in [0.15, 0.2) is 95.2 Å². The zero-order valence-electron chi connectivity index (χ0n) is 27.0. The second-order valence-corrected chi connectivity index (χ2v) is 11.8. The van der Waals surface area contributed by atoms with Gasteiger partial charge in [-0.3, -0.25) is 4.79 Å². The highest BCUT2D eigenvalue weighted by molar-refractivity contribution is 7.80. The van der Waals surface area contributed by atoms with Gasteiger partial charge in [0.25, 0.3) is 5.91 Å². The Balaban J connectivity index is 1.20. The van der Waals surface area contributed by atoms with E-state index in [1.807, 2.05) is 74.5 Å². The largest absolute Gasteiger partial charge is 0.489 e. The number of allylic oxidation sites excluding steroid dienone is 1. The molecule has 0 bridgehead atoms. The molecule has 0 spiro atoms. The predicted octanol–water partition coefficient (Wildman–Crippen LogP) is 6.21. The standard InChI is InChI=1S/C36H36ClN5O5S/c1-5-45-35(44)33-23(3)39-36(48)40-34(33)29-11-7-9-13-31(29)47-21-32(43)41-38-19-26-18-22(2)42(24(26)4)27-14-16-28(17-15-27)46-20-25-10-6-8-12-30(25)37/h6-19,34H,5,20-21H2,1-4H3,(H,41,43)(H2,39,40,48)/t34-/m1/s1. The van der Waals surface area contributed by atoms with Gasteiger partial charge in [-0.15, -0.1) is 0 Å². The first-order chi connectivity index (χ1) is 23.2. The van der Waals surface area contributed by atoms with Crippen molar-refractivity contribution in [1.82, 2.24) is 20.6 Å². The lowest BCUT2D eigenvalue weighted by molar-refractivity contribution is -0.139. The van der Waals surface area contributed by atoms with Gasteiger partial charge >= 0.3 is 5.97 Å². The van der Waals surface area contributed by atoms with E-state index in [0.29, 0.717) is 39.3 Å². The third kappa shape index (κ3) is 8.04. The van der Waals surface area contributed by atoms with E-state index in [-0.39, 0.29) is 13.2 Å². The molecule has 48 heavy (non-hydrogen) atoms. The molecule has 1 aliphatic rings. The number of para-hydroxylation sites is 1. The minimum absolute atomic E-state index is 0.226. The van der Waals surface area contributed by atoms with Crippen molar-refractivity contribution < 1.29 is 23.8 Å². The van der Waals surface area contributed by atoms with Crippen LogP contribution in [0.3, 0.4) is 0 Å². The maximum atomic E-state index is 12.8. The Labute approximate surface area is 289 Å². The lowest BCUT2D eigenvalue weighted by Crippen LogP contribution is -2.45. The van der Waals surface area contributed by atoms with Crippen LogP contribution in [0.4, 0.5) is 0 Å². The highest BCUT2D eigenvalue weighted by Gasteiger charge is 2.32. The quantitative estimate of drug-likeness (QED) is 0.0698. The topological polar surface area (TPSA) is 115 Å². The molecule has 5 rings (SSSR count). The summed E-state index contributed by atoms with van der Waals surface area (Å²) >= 11 is 11.6. The lowest BCUT2D eigenvalue weighted by Gasteiger charge is -2.30. The number of hydrazone groups is 1. The monoisotopic (exact) mass is 685 g/mol. The Morgan fingerprint density at radius 1 is 1.02 bits per heavy atom. The van der Waals surface area contributed by atoms with Crippen molar-refractivity contribution >= 4 is 47.0 Å². The van der Waals surface area contributed by atoms with Crippen molar-refractivity contribution in [2.24, 2.45) is 5.10 Å². The zero-order valence-corrected chi connectivity index (χ0v) is 28.6. The number of benzene rings is 3. The third-order valence-corrected chi connectivity index (χ3v) is 8.25. The molecule has 0 unspecified atom stereocenters. The number of halogens is 1. The van der Waals surface area contributed by atoms with Crippen molar-refractivity contribution in [3.8, 4) is 17.2 Å². The fourth-order valence-electron chi connectivity index (χ4n) is 5.39. The second kappa shape index (κ2) is 15.6. The molecule has 0 saturated heterocycles. The van der Waals surface area contributed by atoms with Gasteiger partial charge in [-0.1, -0.05) is 48.0 Å². The summed E-state index contributed by atoms with van der Waals surface area (Å²) in [6, 6.07) is 23.9. The SMILES string of the molecule is CCOC(=O)C1=C(C)NC(=S)N[C@@H]1c1ccccc1OCC(=O)NN=Cc1cc(C)n(-c2ccc(OCc3ccccc3Cl)cc2)c1C. The molecule has 3 aromatic carbocycles. The first-order valence-corrected chi connectivity index (χ1v) is 16.1. The highest BCUT2D eigenvalue weighted by atomic mass is 35.5. The molecule has 0 aliphatic carbocycles. The fraction of sp³-hybridized carbons (Fsp3) is 0.222. The zero-order chi connectivity index (χ0) is 34.2. The van der Waals surface area contributed by atoms with Gasteiger partial charge in [-0.25, -0.2) is 10.2 Å². The van der Waals surface area contributed by atoms with Crippen LogP contribution in [0.25, 0.3) is 5.69 Å². The Morgan fingerprint density at radius 2 is 1.75 bits per heavy atom. The number of aromatic nitrogens is 1. The van der Waals surface area contributed by atoms with Gasteiger partial charge in [0.1, 0.15) is 18.1 Å². The molecule has 1 amide bonds. The van der Waals surface area contributed by atoms with Gasteiger partial charge in [0.05, 0.1) is 24.4 Å². The van der Waals surface area contributed by atoms with E-state index in [1.54, 1.807) is 38.3 Å². The van der Waals surface area contributed by atoms with Gasteiger partial charge < -0.3 is 29.4 Å². The number of thiocarbonyl (C=S) groups is 1. The molecule has 10 nitrogen and oxygen atoms in total. The van der Waals surface area contributed by atoms with Crippen molar-refractivity contribution in [3.05, 3.63) is 123 Å². The van der Waals surface area contributed by atoms with E-state index in [4.69, 9.17) is 38.0 Å².